The van der Waals surface area contributed by atoms with Crippen LogP contribution >= 0.6 is 0 Å². The Kier molecular flexibility index (Phi) is 9.77. The largest absolute Gasteiger partial charge is 0.490 e. The third kappa shape index (κ3) is 6.46. The monoisotopic (exact) mass is 353 g/mol. The summed E-state index contributed by atoms with van der Waals surface area (Å²) in [6, 6.07) is 3.30. The number of likely N-dealkylation sites (N-methyl/N-ethyl adjacent to an activating group) is 1. The molecule has 25 heavy (non-hydrogen) atoms. The standard InChI is InChI=1S/C19H31NO5/c1-6-20(7-2)11-12-25-19(21)15-13-16(22-8-3)18(24-10-5)17(14-15)23-9-4/h13-14H,6-12H2,1-5H3. The second-order valence-electron chi connectivity index (χ2n) is 5.26. The van der Waals surface area contributed by atoms with Crippen molar-refractivity contribution in [2.75, 3.05) is 46.1 Å². The fraction of sp³-hybridized carbons (Fsp3) is 0.632. The Hall–Kier alpha value is -1.95. The number of hydrogen-bond acceptors (Lipinski definition) is 6. The maximum atomic E-state index is 12.4. The van der Waals surface area contributed by atoms with Crippen LogP contribution in [0.1, 0.15) is 45.0 Å². The smallest absolute Gasteiger partial charge is 0.338 e. The summed E-state index contributed by atoms with van der Waals surface area (Å²) in [5.74, 6) is 1.11. The number of rotatable bonds is 12. The molecule has 0 unspecified atom stereocenters. The van der Waals surface area contributed by atoms with Crippen molar-refractivity contribution in [1.29, 1.82) is 0 Å². The van der Waals surface area contributed by atoms with E-state index in [2.05, 4.69) is 18.7 Å². The van der Waals surface area contributed by atoms with Gasteiger partial charge in [0.2, 0.25) is 5.75 Å². The maximum Gasteiger partial charge on any atom is 0.338 e. The predicted molar refractivity (Wildman–Crippen MR) is 98.0 cm³/mol. The quantitative estimate of drug-likeness (QED) is 0.537. The van der Waals surface area contributed by atoms with Gasteiger partial charge in [-0.3, -0.25) is 0 Å². The van der Waals surface area contributed by atoms with Crippen molar-refractivity contribution in [2.45, 2.75) is 34.6 Å². The molecular formula is C19H31NO5. The van der Waals surface area contributed by atoms with E-state index in [4.69, 9.17) is 18.9 Å². The van der Waals surface area contributed by atoms with Gasteiger partial charge in [0.1, 0.15) is 6.61 Å². The molecule has 6 heteroatoms. The van der Waals surface area contributed by atoms with Gasteiger partial charge in [-0.1, -0.05) is 13.8 Å². The average Bonchev–Trinajstić information content (AvgIpc) is 2.61. The third-order valence-corrected chi connectivity index (χ3v) is 3.68. The molecule has 1 aromatic rings. The summed E-state index contributed by atoms with van der Waals surface area (Å²) in [7, 11) is 0. The molecule has 0 spiro atoms. The minimum atomic E-state index is -0.392. The van der Waals surface area contributed by atoms with E-state index in [1.54, 1.807) is 12.1 Å². The highest BCUT2D eigenvalue weighted by Crippen LogP contribution is 2.39. The molecule has 0 aromatic heterocycles. The zero-order valence-electron chi connectivity index (χ0n) is 16.1. The van der Waals surface area contributed by atoms with Crippen molar-refractivity contribution in [1.82, 2.24) is 4.90 Å². The van der Waals surface area contributed by atoms with E-state index in [1.807, 2.05) is 20.8 Å². The summed E-state index contributed by atoms with van der Waals surface area (Å²) >= 11 is 0. The fourth-order valence-electron chi connectivity index (χ4n) is 2.40. The molecule has 1 aromatic carbocycles. The Balaban J connectivity index is 2.95. The molecule has 0 heterocycles. The highest BCUT2D eigenvalue weighted by Gasteiger charge is 2.19. The van der Waals surface area contributed by atoms with Crippen LogP contribution in [-0.2, 0) is 4.74 Å². The third-order valence-electron chi connectivity index (χ3n) is 3.68. The van der Waals surface area contributed by atoms with Gasteiger partial charge < -0.3 is 23.8 Å². The molecule has 6 nitrogen and oxygen atoms in total. The highest BCUT2D eigenvalue weighted by molar-refractivity contribution is 5.91. The normalized spacial score (nSPS) is 10.6. The van der Waals surface area contributed by atoms with Gasteiger partial charge in [-0.05, 0) is 46.0 Å². The molecule has 0 saturated carbocycles. The molecule has 0 aliphatic rings. The fourth-order valence-corrected chi connectivity index (χ4v) is 2.40. The van der Waals surface area contributed by atoms with Gasteiger partial charge in [-0.25, -0.2) is 4.79 Å². The van der Waals surface area contributed by atoms with Crippen molar-refractivity contribution in [2.24, 2.45) is 0 Å². The first-order valence-electron chi connectivity index (χ1n) is 9.06. The molecule has 142 valence electrons. The number of benzene rings is 1. The number of carbonyl (C=O) groups is 1. The second kappa shape index (κ2) is 11.6. The SMILES string of the molecule is CCOc1cc(C(=O)OCCN(CC)CC)cc(OCC)c1OCC. The predicted octanol–water partition coefficient (Wildman–Crippen LogP) is 3.38. The van der Waals surface area contributed by atoms with E-state index in [-0.39, 0.29) is 0 Å². The minimum Gasteiger partial charge on any atom is -0.490 e. The summed E-state index contributed by atoms with van der Waals surface area (Å²) in [6.45, 7) is 14.2. The molecule has 1 rings (SSSR count). The highest BCUT2D eigenvalue weighted by atomic mass is 16.5. The van der Waals surface area contributed by atoms with E-state index in [9.17, 15) is 4.79 Å². The summed E-state index contributed by atoms with van der Waals surface area (Å²) in [4.78, 5) is 14.6. The van der Waals surface area contributed by atoms with Crippen LogP contribution in [0.5, 0.6) is 17.2 Å². The molecule has 0 fully saturated rings. The van der Waals surface area contributed by atoms with Gasteiger partial charge in [-0.15, -0.1) is 0 Å². The van der Waals surface area contributed by atoms with E-state index in [1.165, 1.54) is 0 Å². The Morgan fingerprint density at radius 3 is 1.84 bits per heavy atom. The van der Waals surface area contributed by atoms with Crippen molar-refractivity contribution in [3.8, 4) is 17.2 Å². The lowest BCUT2D eigenvalue weighted by Crippen LogP contribution is -2.27. The molecule has 0 aliphatic carbocycles. The minimum absolute atomic E-state index is 0.349. The number of nitrogens with zero attached hydrogens (tertiary/aromatic N) is 1. The molecule has 0 N–H and O–H groups in total. The average molecular weight is 353 g/mol. The molecule has 0 aliphatic heterocycles. The Morgan fingerprint density at radius 1 is 0.880 bits per heavy atom. The van der Waals surface area contributed by atoms with Crippen LogP contribution in [0, 0.1) is 0 Å². The molecule has 0 radical (unpaired) electrons. The van der Waals surface area contributed by atoms with E-state index in [0.717, 1.165) is 13.1 Å². The number of carbonyl (C=O) groups excluding carboxylic acids is 1. The number of ether oxygens (including phenoxy) is 4. The Labute approximate surface area is 151 Å². The van der Waals surface area contributed by atoms with Crippen molar-refractivity contribution in [3.05, 3.63) is 17.7 Å². The molecule has 0 amide bonds. The van der Waals surface area contributed by atoms with E-state index < -0.39 is 5.97 Å². The van der Waals surface area contributed by atoms with Gasteiger partial charge in [0.05, 0.1) is 25.4 Å². The summed E-state index contributed by atoms with van der Waals surface area (Å²) in [5, 5.41) is 0. The lowest BCUT2D eigenvalue weighted by atomic mass is 10.2. The zero-order chi connectivity index (χ0) is 18.7. The van der Waals surface area contributed by atoms with Crippen LogP contribution in [0.3, 0.4) is 0 Å². The molecule has 0 atom stereocenters. The Bertz CT molecular complexity index is 502. The molecule has 0 saturated heterocycles. The van der Waals surface area contributed by atoms with Crippen LogP contribution in [-0.4, -0.2) is 56.9 Å². The lowest BCUT2D eigenvalue weighted by Gasteiger charge is -2.18. The topological polar surface area (TPSA) is 57.2 Å². The van der Waals surface area contributed by atoms with Crippen molar-refractivity contribution >= 4 is 5.97 Å². The van der Waals surface area contributed by atoms with Crippen LogP contribution in [0.4, 0.5) is 0 Å². The lowest BCUT2D eigenvalue weighted by molar-refractivity contribution is 0.0465. The first-order valence-corrected chi connectivity index (χ1v) is 9.06. The first kappa shape index (κ1) is 21.1. The molecule has 0 bridgehead atoms. The van der Waals surface area contributed by atoms with Crippen LogP contribution in [0.25, 0.3) is 0 Å². The van der Waals surface area contributed by atoms with E-state index in [0.29, 0.717) is 55.8 Å². The zero-order valence-corrected chi connectivity index (χ0v) is 16.1. The summed E-state index contributed by atoms with van der Waals surface area (Å²) in [6.07, 6.45) is 0. The van der Waals surface area contributed by atoms with Gasteiger partial charge in [-0.2, -0.15) is 0 Å². The van der Waals surface area contributed by atoms with E-state index >= 15 is 0 Å². The number of hydrogen-bond donors (Lipinski definition) is 0. The summed E-state index contributed by atoms with van der Waals surface area (Å²) < 4.78 is 22.3. The number of esters is 1. The second-order valence-corrected chi connectivity index (χ2v) is 5.26. The summed E-state index contributed by atoms with van der Waals surface area (Å²) in [5.41, 5.74) is 0.398. The van der Waals surface area contributed by atoms with Crippen LogP contribution < -0.4 is 14.2 Å². The van der Waals surface area contributed by atoms with Crippen molar-refractivity contribution in [3.63, 3.8) is 0 Å². The van der Waals surface area contributed by atoms with Gasteiger partial charge in [0.15, 0.2) is 11.5 Å². The van der Waals surface area contributed by atoms with Crippen molar-refractivity contribution < 1.29 is 23.7 Å². The Morgan fingerprint density at radius 2 is 1.40 bits per heavy atom. The van der Waals surface area contributed by atoms with Gasteiger partial charge in [0, 0.05) is 6.54 Å². The van der Waals surface area contributed by atoms with Gasteiger partial charge >= 0.3 is 5.97 Å². The molecular weight excluding hydrogens is 322 g/mol. The maximum absolute atomic E-state index is 12.4. The van der Waals surface area contributed by atoms with Crippen LogP contribution in [0.15, 0.2) is 12.1 Å². The van der Waals surface area contributed by atoms with Crippen LogP contribution in [0.2, 0.25) is 0 Å². The first-order chi connectivity index (χ1) is 12.1. The van der Waals surface area contributed by atoms with Gasteiger partial charge in [0.25, 0.3) is 0 Å².